The number of nitrogens with zero attached hydrogens (tertiary/aromatic N) is 2. The first-order valence-corrected chi connectivity index (χ1v) is 6.58. The molecule has 0 unspecified atom stereocenters. The maximum absolute atomic E-state index is 13.2. The van der Waals surface area contributed by atoms with Gasteiger partial charge in [0.1, 0.15) is 5.82 Å². The van der Waals surface area contributed by atoms with Crippen LogP contribution in [-0.2, 0) is 6.54 Å². The monoisotopic (exact) mass is 319 g/mol. The van der Waals surface area contributed by atoms with Gasteiger partial charge in [-0.25, -0.2) is 4.39 Å². The molecule has 0 aliphatic heterocycles. The summed E-state index contributed by atoms with van der Waals surface area (Å²) < 4.78 is 15.5. The molecule has 0 atom stereocenters. The molecule has 0 saturated heterocycles. The normalized spacial score (nSPS) is 11.1. The molecule has 0 bridgehead atoms. The van der Waals surface area contributed by atoms with Gasteiger partial charge in [-0.05, 0) is 51.8 Å². The van der Waals surface area contributed by atoms with Crippen LogP contribution in [0.4, 0.5) is 10.1 Å². The van der Waals surface area contributed by atoms with Crippen LogP contribution in [0.5, 0.6) is 0 Å². The lowest BCUT2D eigenvalue weighted by molar-refractivity contribution is 0.618. The molecular weight excluding hydrogens is 309 g/mol. The average molecular weight is 320 g/mol. The van der Waals surface area contributed by atoms with Crippen molar-refractivity contribution in [1.29, 1.82) is 0 Å². The summed E-state index contributed by atoms with van der Waals surface area (Å²) >= 11 is 3.19. The molecule has 1 heterocycles. The van der Waals surface area contributed by atoms with Crippen LogP contribution in [0.15, 0.2) is 47.1 Å². The molecule has 2 aromatic carbocycles. The number of anilines is 1. The number of hydrogen-bond acceptors (Lipinski definition) is 2. The summed E-state index contributed by atoms with van der Waals surface area (Å²) in [5, 5.41) is 5.37. The van der Waals surface area contributed by atoms with E-state index < -0.39 is 0 Å². The number of nitrogen functional groups attached to an aromatic ring is 1. The fraction of sp³-hybridized carbons (Fsp3) is 0.0714. The van der Waals surface area contributed by atoms with Gasteiger partial charge in [-0.2, -0.15) is 5.10 Å². The summed E-state index contributed by atoms with van der Waals surface area (Å²) in [7, 11) is 0. The van der Waals surface area contributed by atoms with Gasteiger partial charge in [-0.1, -0.05) is 6.07 Å². The van der Waals surface area contributed by atoms with E-state index in [1.165, 1.54) is 6.07 Å². The Hall–Kier alpha value is -1.88. The zero-order valence-corrected chi connectivity index (χ0v) is 11.6. The number of hydrogen-bond donors (Lipinski definition) is 1. The van der Waals surface area contributed by atoms with Crippen LogP contribution < -0.4 is 5.73 Å². The molecule has 0 fully saturated rings. The van der Waals surface area contributed by atoms with E-state index in [1.807, 2.05) is 22.9 Å². The molecule has 5 heteroatoms. The Labute approximate surface area is 118 Å². The van der Waals surface area contributed by atoms with Gasteiger partial charge >= 0.3 is 0 Å². The predicted molar refractivity (Wildman–Crippen MR) is 77.3 cm³/mol. The SMILES string of the molecule is Nc1ccc2cnn(Cc3ccc(F)c(Br)c3)c2c1. The molecule has 3 aromatic rings. The Morgan fingerprint density at radius 3 is 2.84 bits per heavy atom. The van der Waals surface area contributed by atoms with Crippen LogP contribution in [-0.4, -0.2) is 9.78 Å². The molecule has 3 nitrogen and oxygen atoms in total. The second kappa shape index (κ2) is 4.66. The number of rotatable bonds is 2. The van der Waals surface area contributed by atoms with E-state index >= 15 is 0 Å². The topological polar surface area (TPSA) is 43.8 Å². The molecule has 0 spiro atoms. The van der Waals surface area contributed by atoms with E-state index in [1.54, 1.807) is 18.3 Å². The van der Waals surface area contributed by atoms with Crippen molar-refractivity contribution in [2.75, 3.05) is 5.73 Å². The van der Waals surface area contributed by atoms with Crippen LogP contribution in [0.25, 0.3) is 10.9 Å². The fourth-order valence-corrected chi connectivity index (χ4v) is 2.45. The van der Waals surface area contributed by atoms with Crippen molar-refractivity contribution in [1.82, 2.24) is 9.78 Å². The molecule has 1 aromatic heterocycles. The van der Waals surface area contributed by atoms with E-state index in [9.17, 15) is 4.39 Å². The van der Waals surface area contributed by atoms with Crippen molar-refractivity contribution < 1.29 is 4.39 Å². The van der Waals surface area contributed by atoms with Gasteiger partial charge in [0.25, 0.3) is 0 Å². The zero-order chi connectivity index (χ0) is 13.4. The third-order valence-electron chi connectivity index (χ3n) is 2.99. The Kier molecular flexibility index (Phi) is 2.98. The average Bonchev–Trinajstić information content (AvgIpc) is 2.77. The second-order valence-corrected chi connectivity index (χ2v) is 5.22. The van der Waals surface area contributed by atoms with Crippen LogP contribution in [0.2, 0.25) is 0 Å². The molecule has 19 heavy (non-hydrogen) atoms. The highest BCUT2D eigenvalue weighted by Gasteiger charge is 2.06. The highest BCUT2D eigenvalue weighted by atomic mass is 79.9. The molecule has 0 amide bonds. The largest absolute Gasteiger partial charge is 0.399 e. The molecule has 0 radical (unpaired) electrons. The summed E-state index contributed by atoms with van der Waals surface area (Å²) in [5.74, 6) is -0.265. The van der Waals surface area contributed by atoms with E-state index in [2.05, 4.69) is 21.0 Å². The van der Waals surface area contributed by atoms with Crippen molar-refractivity contribution in [2.45, 2.75) is 6.54 Å². The highest BCUT2D eigenvalue weighted by molar-refractivity contribution is 9.10. The molecular formula is C14H11BrFN3. The molecule has 0 saturated carbocycles. The molecule has 96 valence electrons. The summed E-state index contributed by atoms with van der Waals surface area (Å²) in [4.78, 5) is 0. The summed E-state index contributed by atoms with van der Waals surface area (Å²) in [6, 6.07) is 10.6. The van der Waals surface area contributed by atoms with Crippen molar-refractivity contribution in [3.05, 3.63) is 58.4 Å². The van der Waals surface area contributed by atoms with Gasteiger partial charge in [0, 0.05) is 11.1 Å². The molecule has 0 aliphatic carbocycles. The van der Waals surface area contributed by atoms with Crippen LogP contribution >= 0.6 is 15.9 Å². The van der Waals surface area contributed by atoms with Crippen molar-refractivity contribution in [2.24, 2.45) is 0 Å². The van der Waals surface area contributed by atoms with Crippen molar-refractivity contribution >= 4 is 32.5 Å². The van der Waals surface area contributed by atoms with E-state index in [0.29, 0.717) is 16.7 Å². The number of benzene rings is 2. The minimum atomic E-state index is -0.265. The maximum atomic E-state index is 13.2. The minimum absolute atomic E-state index is 0.265. The lowest BCUT2D eigenvalue weighted by atomic mass is 10.2. The number of fused-ring (bicyclic) bond motifs is 1. The smallest absolute Gasteiger partial charge is 0.137 e. The molecule has 0 aliphatic rings. The third-order valence-corrected chi connectivity index (χ3v) is 3.59. The maximum Gasteiger partial charge on any atom is 0.137 e. The predicted octanol–water partition coefficient (Wildman–Crippen LogP) is 3.57. The van der Waals surface area contributed by atoms with Crippen LogP contribution in [0.1, 0.15) is 5.56 Å². The Morgan fingerprint density at radius 1 is 1.21 bits per heavy atom. The van der Waals surface area contributed by atoms with E-state index in [4.69, 9.17) is 5.73 Å². The third kappa shape index (κ3) is 2.33. The van der Waals surface area contributed by atoms with E-state index in [0.717, 1.165) is 16.5 Å². The Balaban J connectivity index is 2.00. The Bertz CT molecular complexity index is 752. The fourth-order valence-electron chi connectivity index (χ4n) is 2.02. The van der Waals surface area contributed by atoms with Crippen molar-refractivity contribution in [3.8, 4) is 0 Å². The molecule has 3 rings (SSSR count). The van der Waals surface area contributed by atoms with Gasteiger partial charge in [0.2, 0.25) is 0 Å². The minimum Gasteiger partial charge on any atom is -0.399 e. The molecule has 2 N–H and O–H groups in total. The lowest BCUT2D eigenvalue weighted by Crippen LogP contribution is -2.02. The van der Waals surface area contributed by atoms with Crippen molar-refractivity contribution in [3.63, 3.8) is 0 Å². The summed E-state index contributed by atoms with van der Waals surface area (Å²) in [6.07, 6.45) is 1.80. The first-order valence-electron chi connectivity index (χ1n) is 5.78. The van der Waals surface area contributed by atoms with Gasteiger partial charge in [-0.15, -0.1) is 0 Å². The van der Waals surface area contributed by atoms with Crippen LogP contribution in [0.3, 0.4) is 0 Å². The van der Waals surface area contributed by atoms with Gasteiger partial charge in [0.05, 0.1) is 22.7 Å². The standard InChI is InChI=1S/C14H11BrFN3/c15-12-5-9(1-4-13(12)16)8-19-14-6-11(17)3-2-10(14)7-18-19/h1-7H,8,17H2. The summed E-state index contributed by atoms with van der Waals surface area (Å²) in [5.41, 5.74) is 8.44. The van der Waals surface area contributed by atoms with Crippen LogP contribution in [0, 0.1) is 5.82 Å². The van der Waals surface area contributed by atoms with Gasteiger partial charge < -0.3 is 5.73 Å². The van der Waals surface area contributed by atoms with Gasteiger partial charge in [0.15, 0.2) is 0 Å². The summed E-state index contributed by atoms with van der Waals surface area (Å²) in [6.45, 7) is 0.575. The number of nitrogens with two attached hydrogens (primary N) is 1. The first-order chi connectivity index (χ1) is 9.13. The number of aromatic nitrogens is 2. The highest BCUT2D eigenvalue weighted by Crippen LogP contribution is 2.20. The number of halogens is 2. The lowest BCUT2D eigenvalue weighted by Gasteiger charge is -2.05. The second-order valence-electron chi connectivity index (χ2n) is 4.37. The van der Waals surface area contributed by atoms with Gasteiger partial charge in [-0.3, -0.25) is 4.68 Å². The first kappa shape index (κ1) is 12.2. The van der Waals surface area contributed by atoms with E-state index in [-0.39, 0.29) is 5.82 Å². The zero-order valence-electron chi connectivity index (χ0n) is 9.98. The Morgan fingerprint density at radius 2 is 2.05 bits per heavy atom. The quantitative estimate of drug-likeness (QED) is 0.734.